The molecule has 3 heteroatoms. The first kappa shape index (κ1) is 12.4. The largest absolute Gasteiger partial charge is 0.368 e. The first-order chi connectivity index (χ1) is 9.22. The predicted molar refractivity (Wildman–Crippen MR) is 80.7 cm³/mol. The molecular formula is C16H21N3. The number of nitrogens with zero attached hydrogens (tertiary/aromatic N) is 2. The zero-order valence-electron chi connectivity index (χ0n) is 11.7. The van der Waals surface area contributed by atoms with Gasteiger partial charge < -0.3 is 10.2 Å². The molecular weight excluding hydrogens is 234 g/mol. The summed E-state index contributed by atoms with van der Waals surface area (Å²) >= 11 is 0. The molecule has 3 nitrogen and oxygen atoms in total. The summed E-state index contributed by atoms with van der Waals surface area (Å²) in [5.74, 6) is 0. The highest BCUT2D eigenvalue weighted by molar-refractivity contribution is 5.93. The van der Waals surface area contributed by atoms with Gasteiger partial charge in [-0.1, -0.05) is 19.1 Å². The van der Waals surface area contributed by atoms with Gasteiger partial charge in [-0.05, 0) is 25.5 Å². The average molecular weight is 255 g/mol. The van der Waals surface area contributed by atoms with Crippen LogP contribution in [-0.2, 0) is 0 Å². The predicted octanol–water partition coefficient (Wildman–Crippen LogP) is 2.81. The van der Waals surface area contributed by atoms with Gasteiger partial charge in [-0.2, -0.15) is 0 Å². The van der Waals surface area contributed by atoms with Crippen molar-refractivity contribution in [1.29, 1.82) is 0 Å². The minimum Gasteiger partial charge on any atom is -0.368 e. The van der Waals surface area contributed by atoms with Crippen LogP contribution in [0.5, 0.6) is 0 Å². The lowest BCUT2D eigenvalue weighted by Gasteiger charge is -2.42. The molecule has 19 heavy (non-hydrogen) atoms. The van der Waals surface area contributed by atoms with Crippen molar-refractivity contribution in [3.63, 3.8) is 0 Å². The monoisotopic (exact) mass is 255 g/mol. The topological polar surface area (TPSA) is 28.2 Å². The smallest absolute Gasteiger partial charge is 0.0448 e. The summed E-state index contributed by atoms with van der Waals surface area (Å²) in [6, 6.07) is 8.61. The third-order valence-electron chi connectivity index (χ3n) is 4.25. The number of nitrogens with one attached hydrogen (secondary N) is 1. The van der Waals surface area contributed by atoms with Crippen LogP contribution in [0.15, 0.2) is 36.7 Å². The second-order valence-electron chi connectivity index (χ2n) is 5.64. The van der Waals surface area contributed by atoms with Crippen LogP contribution in [0.1, 0.15) is 20.3 Å². The van der Waals surface area contributed by atoms with E-state index in [1.54, 1.807) is 0 Å². The lowest BCUT2D eigenvalue weighted by atomic mass is 9.95. The lowest BCUT2D eigenvalue weighted by Crippen LogP contribution is -2.58. The van der Waals surface area contributed by atoms with Crippen LogP contribution < -0.4 is 10.2 Å². The Balaban J connectivity index is 2.00. The van der Waals surface area contributed by atoms with Crippen LogP contribution >= 0.6 is 0 Å². The van der Waals surface area contributed by atoms with Crippen molar-refractivity contribution in [2.75, 3.05) is 24.5 Å². The SMILES string of the molecule is CCC1(C)CN(c2cccc3cnccc23)CCN1. The van der Waals surface area contributed by atoms with E-state index in [0.29, 0.717) is 0 Å². The number of hydrogen-bond donors (Lipinski definition) is 1. The van der Waals surface area contributed by atoms with E-state index in [1.807, 2.05) is 12.4 Å². The molecule has 0 saturated carbocycles. The molecule has 2 aromatic rings. The van der Waals surface area contributed by atoms with E-state index in [0.717, 1.165) is 26.1 Å². The molecule has 0 aliphatic carbocycles. The van der Waals surface area contributed by atoms with Crippen LogP contribution in [0.4, 0.5) is 5.69 Å². The first-order valence-electron chi connectivity index (χ1n) is 7.04. The first-order valence-corrected chi connectivity index (χ1v) is 7.04. The van der Waals surface area contributed by atoms with Gasteiger partial charge in [0.05, 0.1) is 0 Å². The minimum atomic E-state index is 0.216. The van der Waals surface area contributed by atoms with Crippen molar-refractivity contribution in [2.24, 2.45) is 0 Å². The van der Waals surface area contributed by atoms with Gasteiger partial charge in [0.1, 0.15) is 0 Å². The molecule has 1 aromatic heterocycles. The van der Waals surface area contributed by atoms with E-state index in [2.05, 4.69) is 53.3 Å². The molecule has 1 fully saturated rings. The fourth-order valence-corrected chi connectivity index (χ4v) is 2.87. The molecule has 3 rings (SSSR count). The van der Waals surface area contributed by atoms with E-state index in [-0.39, 0.29) is 5.54 Å². The number of anilines is 1. The Morgan fingerprint density at radius 2 is 2.26 bits per heavy atom. The molecule has 0 spiro atoms. The van der Waals surface area contributed by atoms with Crippen molar-refractivity contribution in [1.82, 2.24) is 10.3 Å². The molecule has 1 aliphatic heterocycles. The Morgan fingerprint density at radius 1 is 1.37 bits per heavy atom. The molecule has 0 bridgehead atoms. The van der Waals surface area contributed by atoms with Gasteiger partial charge in [-0.25, -0.2) is 0 Å². The molecule has 1 saturated heterocycles. The van der Waals surface area contributed by atoms with Gasteiger partial charge >= 0.3 is 0 Å². The van der Waals surface area contributed by atoms with Crippen LogP contribution in [0.3, 0.4) is 0 Å². The number of aromatic nitrogens is 1. The van der Waals surface area contributed by atoms with Gasteiger partial charge in [0, 0.05) is 54.0 Å². The molecule has 100 valence electrons. The van der Waals surface area contributed by atoms with Gasteiger partial charge in [0.2, 0.25) is 0 Å². The maximum atomic E-state index is 4.21. The van der Waals surface area contributed by atoms with Gasteiger partial charge in [0.15, 0.2) is 0 Å². The van der Waals surface area contributed by atoms with Crippen LogP contribution in [0, 0.1) is 0 Å². The van der Waals surface area contributed by atoms with Gasteiger partial charge in [-0.15, -0.1) is 0 Å². The normalized spacial score (nSPS) is 23.8. The molecule has 1 atom stereocenters. The Hall–Kier alpha value is -1.61. The summed E-state index contributed by atoms with van der Waals surface area (Å²) in [6.07, 6.45) is 4.98. The summed E-state index contributed by atoms with van der Waals surface area (Å²) in [5.41, 5.74) is 1.55. The van der Waals surface area contributed by atoms with Crippen molar-refractivity contribution < 1.29 is 0 Å². The van der Waals surface area contributed by atoms with Crippen molar-refractivity contribution in [3.05, 3.63) is 36.7 Å². The quantitative estimate of drug-likeness (QED) is 0.894. The number of fused-ring (bicyclic) bond motifs is 1. The summed E-state index contributed by atoms with van der Waals surface area (Å²) in [5, 5.41) is 6.16. The summed E-state index contributed by atoms with van der Waals surface area (Å²) < 4.78 is 0. The summed E-state index contributed by atoms with van der Waals surface area (Å²) in [7, 11) is 0. The third-order valence-corrected chi connectivity index (χ3v) is 4.25. The molecule has 2 heterocycles. The highest BCUT2D eigenvalue weighted by atomic mass is 15.2. The van der Waals surface area contributed by atoms with E-state index < -0.39 is 0 Å². The van der Waals surface area contributed by atoms with Crippen LogP contribution in [0.2, 0.25) is 0 Å². The standard InChI is InChI=1S/C16H21N3/c1-3-16(2)12-19(10-9-18-16)15-6-4-5-13-11-17-8-7-14(13)15/h4-8,11,18H,3,9-10,12H2,1-2H3. The Bertz CT molecular complexity index is 576. The van der Waals surface area contributed by atoms with E-state index >= 15 is 0 Å². The molecule has 1 unspecified atom stereocenters. The molecule has 0 amide bonds. The lowest BCUT2D eigenvalue weighted by molar-refractivity contribution is 0.314. The number of benzene rings is 1. The summed E-state index contributed by atoms with van der Waals surface area (Å²) in [4.78, 5) is 6.72. The molecule has 1 aromatic carbocycles. The molecule has 1 N–H and O–H groups in total. The Labute approximate surface area is 114 Å². The van der Waals surface area contributed by atoms with Gasteiger partial charge in [0.25, 0.3) is 0 Å². The molecule has 1 aliphatic rings. The van der Waals surface area contributed by atoms with Gasteiger partial charge in [-0.3, -0.25) is 4.98 Å². The van der Waals surface area contributed by atoms with E-state index in [4.69, 9.17) is 0 Å². The zero-order valence-corrected chi connectivity index (χ0v) is 11.7. The Kier molecular flexibility index (Phi) is 3.15. The van der Waals surface area contributed by atoms with Crippen LogP contribution in [0.25, 0.3) is 10.8 Å². The number of piperazine rings is 1. The average Bonchev–Trinajstić information content (AvgIpc) is 2.47. The number of hydrogen-bond acceptors (Lipinski definition) is 3. The van der Waals surface area contributed by atoms with Crippen LogP contribution in [-0.4, -0.2) is 30.2 Å². The minimum absolute atomic E-state index is 0.216. The maximum absolute atomic E-state index is 4.21. The zero-order chi connectivity index (χ0) is 13.3. The second-order valence-corrected chi connectivity index (χ2v) is 5.64. The third kappa shape index (κ3) is 2.30. The van der Waals surface area contributed by atoms with E-state index in [9.17, 15) is 0 Å². The Morgan fingerprint density at radius 3 is 3.11 bits per heavy atom. The van der Waals surface area contributed by atoms with Crippen molar-refractivity contribution in [3.8, 4) is 0 Å². The second kappa shape index (κ2) is 4.82. The fourth-order valence-electron chi connectivity index (χ4n) is 2.87. The number of pyridine rings is 1. The number of rotatable bonds is 2. The maximum Gasteiger partial charge on any atom is 0.0448 e. The molecule has 0 radical (unpaired) electrons. The fraction of sp³-hybridized carbons (Fsp3) is 0.438. The van der Waals surface area contributed by atoms with Crippen molar-refractivity contribution in [2.45, 2.75) is 25.8 Å². The highest BCUT2D eigenvalue weighted by Crippen LogP contribution is 2.28. The summed E-state index contributed by atoms with van der Waals surface area (Å²) in [6.45, 7) is 7.74. The highest BCUT2D eigenvalue weighted by Gasteiger charge is 2.29. The van der Waals surface area contributed by atoms with E-state index in [1.165, 1.54) is 16.5 Å². The van der Waals surface area contributed by atoms with Crippen molar-refractivity contribution >= 4 is 16.5 Å².